The first-order valence-corrected chi connectivity index (χ1v) is 11.4. The van der Waals surface area contributed by atoms with Crippen LogP contribution < -0.4 is 25.7 Å². The zero-order valence-corrected chi connectivity index (χ0v) is 20.9. The summed E-state index contributed by atoms with van der Waals surface area (Å²) in [5, 5.41) is 7.28. The highest BCUT2D eigenvalue weighted by Gasteiger charge is 2.31. The van der Waals surface area contributed by atoms with Crippen molar-refractivity contribution in [3.05, 3.63) is 69.2 Å². The van der Waals surface area contributed by atoms with Crippen LogP contribution in [0.1, 0.15) is 31.0 Å². The minimum atomic E-state index is -0.526. The molecule has 1 atom stereocenters. The molecular formula is C26H26N2O6S. The van der Waals surface area contributed by atoms with E-state index < -0.39 is 17.6 Å². The minimum Gasteiger partial charge on any atom is -0.493 e. The highest BCUT2D eigenvalue weighted by molar-refractivity contribution is 7.80. The molecular weight excluding hydrogens is 468 g/mol. The molecule has 0 radical (unpaired) electrons. The molecule has 8 nitrogen and oxygen atoms in total. The Kier molecular flexibility index (Phi) is 6.79. The van der Waals surface area contributed by atoms with Gasteiger partial charge in [0.25, 0.3) is 0 Å². The summed E-state index contributed by atoms with van der Waals surface area (Å²) in [4.78, 5) is 25.6. The van der Waals surface area contributed by atoms with Gasteiger partial charge in [-0.05, 0) is 80.0 Å². The molecule has 0 amide bonds. The molecule has 1 aliphatic rings. The lowest BCUT2D eigenvalue weighted by Gasteiger charge is -2.30. The van der Waals surface area contributed by atoms with Gasteiger partial charge in [0.15, 0.2) is 16.6 Å². The van der Waals surface area contributed by atoms with Crippen LogP contribution in [0.15, 0.2) is 56.9 Å². The molecule has 1 aliphatic heterocycles. The first-order valence-electron chi connectivity index (χ1n) is 11.0. The second kappa shape index (κ2) is 9.79. The van der Waals surface area contributed by atoms with Gasteiger partial charge < -0.3 is 29.3 Å². The standard InChI is InChI=1S/C26H26N2O6S/c1-6-33-25(30)21-14(3)27-26(35)28-22(21)16-9-13(2)23-17(10-16)11-18(24(29)34-23)15-7-8-19(31-4)20(12-15)32-5/h7-12,22H,6H2,1-5H3,(H2,27,28,35). The van der Waals surface area contributed by atoms with E-state index >= 15 is 0 Å². The van der Waals surface area contributed by atoms with Gasteiger partial charge >= 0.3 is 11.6 Å². The highest BCUT2D eigenvalue weighted by Crippen LogP contribution is 2.34. The predicted molar refractivity (Wildman–Crippen MR) is 137 cm³/mol. The number of ether oxygens (including phenoxy) is 3. The largest absolute Gasteiger partial charge is 0.493 e. The van der Waals surface area contributed by atoms with Crippen molar-refractivity contribution in [1.29, 1.82) is 0 Å². The van der Waals surface area contributed by atoms with E-state index in [0.29, 0.717) is 50.0 Å². The van der Waals surface area contributed by atoms with Crippen LogP contribution in [-0.4, -0.2) is 31.9 Å². The Labute approximate surface area is 207 Å². The third kappa shape index (κ3) is 4.59. The molecule has 0 saturated heterocycles. The summed E-state index contributed by atoms with van der Waals surface area (Å²) < 4.78 is 21.7. The van der Waals surface area contributed by atoms with E-state index in [1.807, 2.05) is 19.1 Å². The maximum atomic E-state index is 12.9. The fourth-order valence-corrected chi connectivity index (χ4v) is 4.50. The van der Waals surface area contributed by atoms with Crippen molar-refractivity contribution in [2.24, 2.45) is 0 Å². The number of methoxy groups -OCH3 is 2. The van der Waals surface area contributed by atoms with Crippen LogP contribution in [0.3, 0.4) is 0 Å². The third-order valence-corrected chi connectivity index (χ3v) is 6.05. The van der Waals surface area contributed by atoms with Gasteiger partial charge in [-0.15, -0.1) is 0 Å². The van der Waals surface area contributed by atoms with Crippen molar-refractivity contribution in [2.75, 3.05) is 20.8 Å². The van der Waals surface area contributed by atoms with E-state index in [9.17, 15) is 9.59 Å². The SMILES string of the molecule is CCOC(=O)C1=C(C)NC(=S)NC1c1cc(C)c2oc(=O)c(-c3ccc(OC)c(OC)c3)cc2c1. The molecule has 0 saturated carbocycles. The summed E-state index contributed by atoms with van der Waals surface area (Å²) in [6, 6.07) is 10.2. The maximum Gasteiger partial charge on any atom is 0.344 e. The second-order valence-corrected chi connectivity index (χ2v) is 8.47. The minimum absolute atomic E-state index is 0.253. The number of thiocarbonyl (C=S) groups is 1. The van der Waals surface area contributed by atoms with Gasteiger partial charge in [0.05, 0.1) is 38.0 Å². The van der Waals surface area contributed by atoms with E-state index in [0.717, 1.165) is 11.1 Å². The molecule has 0 bridgehead atoms. The van der Waals surface area contributed by atoms with Crippen LogP contribution in [0.2, 0.25) is 0 Å². The van der Waals surface area contributed by atoms with Gasteiger partial charge in [0.2, 0.25) is 0 Å². The summed E-state index contributed by atoms with van der Waals surface area (Å²) >= 11 is 5.35. The van der Waals surface area contributed by atoms with Crippen molar-refractivity contribution >= 4 is 34.3 Å². The quantitative estimate of drug-likeness (QED) is 0.298. The topological polar surface area (TPSA) is 99.0 Å². The lowest BCUT2D eigenvalue weighted by molar-refractivity contribution is -0.139. The first kappa shape index (κ1) is 24.3. The molecule has 0 aliphatic carbocycles. The molecule has 2 heterocycles. The molecule has 182 valence electrons. The number of carbonyl (C=O) groups excluding carboxylic acids is 1. The molecule has 3 aromatic rings. The van der Waals surface area contributed by atoms with Crippen molar-refractivity contribution in [2.45, 2.75) is 26.8 Å². The smallest absolute Gasteiger partial charge is 0.344 e. The molecule has 1 aromatic heterocycles. The molecule has 35 heavy (non-hydrogen) atoms. The van der Waals surface area contributed by atoms with E-state index in [1.54, 1.807) is 45.2 Å². The van der Waals surface area contributed by atoms with E-state index in [2.05, 4.69) is 10.6 Å². The predicted octanol–water partition coefficient (Wildman–Crippen LogP) is 4.14. The zero-order chi connectivity index (χ0) is 25.3. The Balaban J connectivity index is 1.87. The van der Waals surface area contributed by atoms with E-state index in [1.165, 1.54) is 7.11 Å². The molecule has 0 fully saturated rings. The normalized spacial score (nSPS) is 15.5. The Hall–Kier alpha value is -3.85. The number of nitrogens with one attached hydrogen (secondary N) is 2. The average Bonchev–Trinajstić information content (AvgIpc) is 2.83. The number of esters is 1. The van der Waals surface area contributed by atoms with Crippen molar-refractivity contribution < 1.29 is 23.4 Å². The molecule has 4 rings (SSSR count). The van der Waals surface area contributed by atoms with Gasteiger partial charge in [-0.2, -0.15) is 0 Å². The van der Waals surface area contributed by atoms with Gasteiger partial charge in [0.1, 0.15) is 5.58 Å². The number of hydrogen-bond donors (Lipinski definition) is 2. The molecule has 2 N–H and O–H groups in total. The average molecular weight is 495 g/mol. The fourth-order valence-electron chi connectivity index (χ4n) is 4.23. The summed E-state index contributed by atoms with van der Waals surface area (Å²) in [5.74, 6) is 0.628. The lowest BCUT2D eigenvalue weighted by Crippen LogP contribution is -2.45. The Morgan fingerprint density at radius 3 is 2.51 bits per heavy atom. The second-order valence-electron chi connectivity index (χ2n) is 8.06. The Morgan fingerprint density at radius 2 is 1.83 bits per heavy atom. The van der Waals surface area contributed by atoms with Crippen LogP contribution in [0.25, 0.3) is 22.1 Å². The number of allylic oxidation sites excluding steroid dienone is 1. The van der Waals surface area contributed by atoms with Crippen molar-refractivity contribution in [3.8, 4) is 22.6 Å². The monoisotopic (exact) mass is 494 g/mol. The van der Waals surface area contributed by atoms with Crippen molar-refractivity contribution in [3.63, 3.8) is 0 Å². The summed E-state index contributed by atoms with van der Waals surface area (Å²) in [7, 11) is 3.08. The van der Waals surface area contributed by atoms with Crippen LogP contribution in [0.4, 0.5) is 0 Å². The van der Waals surface area contributed by atoms with Gasteiger partial charge in [-0.1, -0.05) is 6.07 Å². The number of benzene rings is 2. The van der Waals surface area contributed by atoms with E-state index in [-0.39, 0.29) is 6.61 Å². The number of carbonyl (C=O) groups is 1. The summed E-state index contributed by atoms with van der Waals surface area (Å²) in [6.07, 6.45) is 0. The third-order valence-electron chi connectivity index (χ3n) is 5.83. The van der Waals surface area contributed by atoms with Gasteiger partial charge in [-0.25, -0.2) is 9.59 Å². The molecule has 0 spiro atoms. The zero-order valence-electron chi connectivity index (χ0n) is 20.1. The first-order chi connectivity index (χ1) is 16.8. The number of hydrogen-bond acceptors (Lipinski definition) is 7. The Bertz CT molecular complexity index is 1430. The van der Waals surface area contributed by atoms with Crippen LogP contribution in [-0.2, 0) is 9.53 Å². The fraction of sp³-hybridized carbons (Fsp3) is 0.269. The molecule has 1 unspecified atom stereocenters. The van der Waals surface area contributed by atoms with Crippen LogP contribution >= 0.6 is 12.2 Å². The number of rotatable bonds is 6. The van der Waals surface area contributed by atoms with Gasteiger partial charge in [-0.3, -0.25) is 0 Å². The van der Waals surface area contributed by atoms with Crippen molar-refractivity contribution in [1.82, 2.24) is 10.6 Å². The summed E-state index contributed by atoms with van der Waals surface area (Å²) in [5.41, 5.74) is 3.61. The Morgan fingerprint density at radius 1 is 1.09 bits per heavy atom. The van der Waals surface area contributed by atoms with Gasteiger partial charge in [0, 0.05) is 11.1 Å². The molecule has 9 heteroatoms. The summed E-state index contributed by atoms with van der Waals surface area (Å²) in [6.45, 7) is 5.65. The maximum absolute atomic E-state index is 12.9. The van der Waals surface area contributed by atoms with Crippen LogP contribution in [0.5, 0.6) is 11.5 Å². The lowest BCUT2D eigenvalue weighted by atomic mass is 9.92. The highest BCUT2D eigenvalue weighted by atomic mass is 32.1. The number of aryl methyl sites for hydroxylation is 1. The van der Waals surface area contributed by atoms with E-state index in [4.69, 9.17) is 30.8 Å². The number of fused-ring (bicyclic) bond motifs is 1. The van der Waals surface area contributed by atoms with Crippen LogP contribution in [0, 0.1) is 6.92 Å². The molecule has 2 aromatic carbocycles.